The number of nitrogens with one attached hydrogen (secondary N) is 1. The van der Waals surface area contributed by atoms with Crippen LogP contribution in [0.25, 0.3) is 11.5 Å². The number of aromatic nitrogens is 3. The van der Waals surface area contributed by atoms with E-state index in [1.54, 1.807) is 6.20 Å². The summed E-state index contributed by atoms with van der Waals surface area (Å²) in [5, 5.41) is 3.46. The lowest BCUT2D eigenvalue weighted by Crippen LogP contribution is -2.33. The van der Waals surface area contributed by atoms with E-state index < -0.39 is 0 Å². The van der Waals surface area contributed by atoms with Gasteiger partial charge in [0.05, 0.1) is 0 Å². The molecular weight excluding hydrogens is 298 g/mol. The second kappa shape index (κ2) is 8.20. The molecule has 0 aliphatic heterocycles. The van der Waals surface area contributed by atoms with Gasteiger partial charge in [-0.3, -0.25) is 4.98 Å². The fraction of sp³-hybridized carbons (Fsp3) is 0.526. The molecule has 1 saturated carbocycles. The number of pyridine rings is 1. The SMILES string of the molecule is CCc1cc(NCCN(C)C2CCCC2)nc(-c2ccccn2)n1. The molecule has 5 heteroatoms. The second-order valence-corrected chi connectivity index (χ2v) is 6.48. The average molecular weight is 325 g/mol. The number of aryl methyl sites for hydroxylation is 1. The summed E-state index contributed by atoms with van der Waals surface area (Å²) in [4.78, 5) is 16.1. The molecule has 0 saturated heterocycles. The molecule has 2 aromatic heterocycles. The van der Waals surface area contributed by atoms with Crippen molar-refractivity contribution in [3.63, 3.8) is 0 Å². The molecule has 128 valence electrons. The third-order valence-corrected chi connectivity index (χ3v) is 4.75. The van der Waals surface area contributed by atoms with Gasteiger partial charge in [0.1, 0.15) is 11.5 Å². The van der Waals surface area contributed by atoms with Crippen molar-refractivity contribution < 1.29 is 0 Å². The second-order valence-electron chi connectivity index (χ2n) is 6.48. The highest BCUT2D eigenvalue weighted by Crippen LogP contribution is 2.22. The van der Waals surface area contributed by atoms with Crippen molar-refractivity contribution in [3.8, 4) is 11.5 Å². The Kier molecular flexibility index (Phi) is 5.75. The van der Waals surface area contributed by atoms with Gasteiger partial charge in [0.15, 0.2) is 5.82 Å². The van der Waals surface area contributed by atoms with Gasteiger partial charge in [0.25, 0.3) is 0 Å². The maximum absolute atomic E-state index is 4.64. The molecule has 1 aliphatic rings. The minimum atomic E-state index is 0.696. The van der Waals surface area contributed by atoms with E-state index in [1.165, 1.54) is 25.7 Å². The monoisotopic (exact) mass is 325 g/mol. The van der Waals surface area contributed by atoms with Gasteiger partial charge in [0.2, 0.25) is 0 Å². The molecule has 0 atom stereocenters. The minimum absolute atomic E-state index is 0.696. The van der Waals surface area contributed by atoms with Crippen molar-refractivity contribution in [2.75, 3.05) is 25.5 Å². The predicted octanol–water partition coefficient (Wildman–Crippen LogP) is 3.39. The molecule has 0 radical (unpaired) electrons. The van der Waals surface area contributed by atoms with E-state index in [0.29, 0.717) is 5.82 Å². The van der Waals surface area contributed by atoms with Crippen LogP contribution in [0.1, 0.15) is 38.3 Å². The van der Waals surface area contributed by atoms with Crippen LogP contribution in [-0.2, 0) is 6.42 Å². The van der Waals surface area contributed by atoms with Crippen LogP contribution >= 0.6 is 0 Å². The van der Waals surface area contributed by atoms with Gasteiger partial charge in [-0.1, -0.05) is 25.8 Å². The number of likely N-dealkylation sites (N-methyl/N-ethyl adjacent to an activating group) is 1. The van der Waals surface area contributed by atoms with E-state index in [-0.39, 0.29) is 0 Å². The first kappa shape index (κ1) is 16.8. The number of nitrogens with zero attached hydrogens (tertiary/aromatic N) is 4. The molecule has 5 nitrogen and oxygen atoms in total. The first-order valence-corrected chi connectivity index (χ1v) is 8.99. The summed E-state index contributed by atoms with van der Waals surface area (Å²) in [7, 11) is 2.23. The Morgan fingerprint density at radius 3 is 2.75 bits per heavy atom. The molecule has 0 bridgehead atoms. The molecule has 0 amide bonds. The Morgan fingerprint density at radius 2 is 2.04 bits per heavy atom. The van der Waals surface area contributed by atoms with Crippen molar-refractivity contribution >= 4 is 5.82 Å². The van der Waals surface area contributed by atoms with Gasteiger partial charge in [0, 0.05) is 37.1 Å². The third-order valence-electron chi connectivity index (χ3n) is 4.75. The largest absolute Gasteiger partial charge is 0.369 e. The third kappa shape index (κ3) is 4.29. The van der Waals surface area contributed by atoms with Gasteiger partial charge in [-0.25, -0.2) is 9.97 Å². The van der Waals surface area contributed by atoms with E-state index in [4.69, 9.17) is 0 Å². The number of rotatable bonds is 7. The van der Waals surface area contributed by atoms with E-state index in [2.05, 4.69) is 39.1 Å². The number of hydrogen-bond acceptors (Lipinski definition) is 5. The lowest BCUT2D eigenvalue weighted by atomic mass is 10.2. The Labute approximate surface area is 144 Å². The van der Waals surface area contributed by atoms with Gasteiger partial charge in [-0.05, 0) is 38.4 Å². The molecule has 0 spiro atoms. The highest BCUT2D eigenvalue weighted by molar-refractivity contribution is 5.52. The maximum atomic E-state index is 4.64. The normalized spacial score (nSPS) is 15.1. The van der Waals surface area contributed by atoms with Crippen molar-refractivity contribution in [3.05, 3.63) is 36.2 Å². The van der Waals surface area contributed by atoms with E-state index in [1.807, 2.05) is 24.3 Å². The number of anilines is 1. The standard InChI is InChI=1S/C19H27N5/c1-3-15-14-18(21-12-13-24(2)16-8-4-5-9-16)23-19(22-15)17-10-6-7-11-20-17/h6-7,10-11,14,16H,3-5,8-9,12-13H2,1-2H3,(H,21,22,23). The molecule has 2 aromatic rings. The van der Waals surface area contributed by atoms with E-state index in [9.17, 15) is 0 Å². The van der Waals surface area contributed by atoms with Crippen molar-refractivity contribution in [1.82, 2.24) is 19.9 Å². The van der Waals surface area contributed by atoms with Crippen LogP contribution in [-0.4, -0.2) is 46.0 Å². The Balaban J connectivity index is 1.64. The zero-order valence-corrected chi connectivity index (χ0v) is 14.7. The van der Waals surface area contributed by atoms with Crippen LogP contribution in [0.2, 0.25) is 0 Å². The van der Waals surface area contributed by atoms with Crippen molar-refractivity contribution in [1.29, 1.82) is 0 Å². The lowest BCUT2D eigenvalue weighted by Gasteiger charge is -2.24. The van der Waals surface area contributed by atoms with Crippen LogP contribution in [0.3, 0.4) is 0 Å². The quantitative estimate of drug-likeness (QED) is 0.845. The highest BCUT2D eigenvalue weighted by Gasteiger charge is 2.18. The topological polar surface area (TPSA) is 53.9 Å². The summed E-state index contributed by atoms with van der Waals surface area (Å²) in [6, 6.07) is 8.63. The molecule has 3 rings (SSSR count). The van der Waals surface area contributed by atoms with Crippen LogP contribution in [0.5, 0.6) is 0 Å². The summed E-state index contributed by atoms with van der Waals surface area (Å²) in [6.07, 6.45) is 8.10. The lowest BCUT2D eigenvalue weighted by molar-refractivity contribution is 0.254. The fourth-order valence-electron chi connectivity index (χ4n) is 3.27. The maximum Gasteiger partial charge on any atom is 0.180 e. The zero-order chi connectivity index (χ0) is 16.8. The van der Waals surface area contributed by atoms with Gasteiger partial charge >= 0.3 is 0 Å². The summed E-state index contributed by atoms with van der Waals surface area (Å²) in [6.45, 7) is 4.05. The summed E-state index contributed by atoms with van der Waals surface area (Å²) in [5.41, 5.74) is 1.86. The van der Waals surface area contributed by atoms with Crippen LogP contribution < -0.4 is 5.32 Å². The molecule has 24 heavy (non-hydrogen) atoms. The Bertz CT molecular complexity index is 637. The fourth-order valence-corrected chi connectivity index (χ4v) is 3.27. The van der Waals surface area contributed by atoms with E-state index in [0.717, 1.165) is 42.8 Å². The van der Waals surface area contributed by atoms with Crippen molar-refractivity contribution in [2.24, 2.45) is 0 Å². The zero-order valence-electron chi connectivity index (χ0n) is 14.7. The highest BCUT2D eigenvalue weighted by atomic mass is 15.2. The first-order chi connectivity index (χ1) is 11.8. The van der Waals surface area contributed by atoms with E-state index >= 15 is 0 Å². The molecule has 1 aliphatic carbocycles. The smallest absolute Gasteiger partial charge is 0.180 e. The Hall–Kier alpha value is -2.01. The van der Waals surface area contributed by atoms with Gasteiger partial charge in [-0.15, -0.1) is 0 Å². The summed E-state index contributed by atoms with van der Waals surface area (Å²) in [5.74, 6) is 1.59. The Morgan fingerprint density at radius 1 is 1.21 bits per heavy atom. The molecule has 1 fully saturated rings. The minimum Gasteiger partial charge on any atom is -0.369 e. The van der Waals surface area contributed by atoms with Gasteiger partial charge < -0.3 is 10.2 Å². The average Bonchev–Trinajstić information content (AvgIpc) is 3.17. The molecule has 2 heterocycles. The van der Waals surface area contributed by atoms with Crippen LogP contribution in [0.4, 0.5) is 5.82 Å². The summed E-state index contributed by atoms with van der Waals surface area (Å²) < 4.78 is 0. The molecular formula is C19H27N5. The predicted molar refractivity (Wildman–Crippen MR) is 98.0 cm³/mol. The molecule has 0 unspecified atom stereocenters. The number of hydrogen-bond donors (Lipinski definition) is 1. The molecule has 1 N–H and O–H groups in total. The van der Waals surface area contributed by atoms with Gasteiger partial charge in [-0.2, -0.15) is 0 Å². The summed E-state index contributed by atoms with van der Waals surface area (Å²) >= 11 is 0. The first-order valence-electron chi connectivity index (χ1n) is 8.99. The van der Waals surface area contributed by atoms with Crippen LogP contribution in [0, 0.1) is 0 Å². The molecule has 0 aromatic carbocycles. The van der Waals surface area contributed by atoms with Crippen molar-refractivity contribution in [2.45, 2.75) is 45.1 Å². The van der Waals surface area contributed by atoms with Crippen LogP contribution in [0.15, 0.2) is 30.5 Å².